The first-order valence-electron chi connectivity index (χ1n) is 8.48. The summed E-state index contributed by atoms with van der Waals surface area (Å²) >= 11 is 0. The van der Waals surface area contributed by atoms with Crippen molar-refractivity contribution in [2.45, 2.75) is 44.2 Å². The molecule has 0 spiro atoms. The van der Waals surface area contributed by atoms with Crippen molar-refractivity contribution in [2.75, 3.05) is 40.4 Å². The second kappa shape index (κ2) is 6.73. The third-order valence-corrected chi connectivity index (χ3v) is 7.05. The smallest absolute Gasteiger partial charge is 0.279 e. The van der Waals surface area contributed by atoms with Crippen LogP contribution in [0.1, 0.15) is 32.1 Å². The van der Waals surface area contributed by atoms with Crippen LogP contribution in [0.5, 0.6) is 0 Å². The Morgan fingerprint density at radius 1 is 1.18 bits per heavy atom. The van der Waals surface area contributed by atoms with Gasteiger partial charge in [0.25, 0.3) is 10.2 Å². The summed E-state index contributed by atoms with van der Waals surface area (Å²) in [6, 6.07) is 0.892. The summed E-state index contributed by atoms with van der Waals surface area (Å²) in [5, 5.41) is 0. The van der Waals surface area contributed by atoms with Crippen molar-refractivity contribution < 1.29 is 13.2 Å². The van der Waals surface area contributed by atoms with Gasteiger partial charge in [0, 0.05) is 45.9 Å². The molecule has 3 fully saturated rings. The van der Waals surface area contributed by atoms with Crippen LogP contribution in [0.4, 0.5) is 0 Å². The molecule has 1 N–H and O–H groups in total. The van der Waals surface area contributed by atoms with Crippen molar-refractivity contribution in [1.29, 1.82) is 0 Å². The van der Waals surface area contributed by atoms with Crippen molar-refractivity contribution >= 4 is 10.2 Å². The molecule has 128 valence electrons. The Labute approximate surface area is 134 Å². The monoisotopic (exact) mass is 331 g/mol. The highest BCUT2D eigenvalue weighted by Crippen LogP contribution is 2.39. The van der Waals surface area contributed by atoms with Gasteiger partial charge >= 0.3 is 0 Å². The number of fused-ring (bicyclic) bond motifs is 2. The van der Waals surface area contributed by atoms with Crippen LogP contribution in [0.2, 0.25) is 0 Å². The van der Waals surface area contributed by atoms with Gasteiger partial charge in [-0.2, -0.15) is 17.4 Å². The summed E-state index contributed by atoms with van der Waals surface area (Å²) in [6.07, 6.45) is 6.19. The number of nitrogens with zero attached hydrogens (tertiary/aromatic N) is 2. The molecule has 2 saturated carbocycles. The molecule has 0 amide bonds. The Hall–Kier alpha value is -0.210. The zero-order valence-electron chi connectivity index (χ0n) is 13.7. The molecular formula is C15H29N3O3S. The number of likely N-dealkylation sites (tertiary alicyclic amines) is 1. The fraction of sp³-hybridized carbons (Fsp3) is 1.00. The largest absolute Gasteiger partial charge is 0.383 e. The number of piperidine rings is 1. The van der Waals surface area contributed by atoms with E-state index in [2.05, 4.69) is 9.62 Å². The summed E-state index contributed by atoms with van der Waals surface area (Å²) in [7, 11) is -0.201. The number of nitrogens with one attached hydrogen (secondary N) is 1. The van der Waals surface area contributed by atoms with Gasteiger partial charge in [-0.1, -0.05) is 6.42 Å². The van der Waals surface area contributed by atoms with Crippen molar-refractivity contribution in [3.63, 3.8) is 0 Å². The number of methoxy groups -OCH3 is 1. The Morgan fingerprint density at radius 2 is 1.82 bits per heavy atom. The molecule has 0 radical (unpaired) electrons. The molecule has 6 nitrogen and oxygen atoms in total. The summed E-state index contributed by atoms with van der Waals surface area (Å²) < 4.78 is 34.4. The third kappa shape index (κ3) is 3.64. The highest BCUT2D eigenvalue weighted by Gasteiger charge is 2.45. The van der Waals surface area contributed by atoms with E-state index >= 15 is 0 Å². The van der Waals surface area contributed by atoms with Gasteiger partial charge in [0.2, 0.25) is 0 Å². The lowest BCUT2D eigenvalue weighted by atomic mass is 9.74. The number of hydrogen-bond donors (Lipinski definition) is 1. The molecule has 2 bridgehead atoms. The number of hydrogen-bond acceptors (Lipinski definition) is 4. The maximum absolute atomic E-state index is 12.5. The van der Waals surface area contributed by atoms with Crippen LogP contribution in [0.3, 0.4) is 0 Å². The lowest BCUT2D eigenvalue weighted by molar-refractivity contribution is 0.0510. The summed E-state index contributed by atoms with van der Waals surface area (Å²) in [6.45, 7) is 2.94. The van der Waals surface area contributed by atoms with Gasteiger partial charge in [-0.25, -0.2) is 0 Å². The molecule has 2 aliphatic carbocycles. The second-order valence-electron chi connectivity index (χ2n) is 7.10. The van der Waals surface area contributed by atoms with Crippen LogP contribution >= 0.6 is 0 Å². The van der Waals surface area contributed by atoms with Crippen molar-refractivity contribution in [3.05, 3.63) is 0 Å². The summed E-state index contributed by atoms with van der Waals surface area (Å²) in [4.78, 5) is 2.61. The van der Waals surface area contributed by atoms with Gasteiger partial charge in [-0.3, -0.25) is 4.90 Å². The lowest BCUT2D eigenvalue weighted by Crippen LogP contribution is -2.60. The van der Waals surface area contributed by atoms with Crippen LogP contribution in [0, 0.1) is 11.8 Å². The van der Waals surface area contributed by atoms with E-state index in [4.69, 9.17) is 4.74 Å². The van der Waals surface area contributed by atoms with Gasteiger partial charge in [0.1, 0.15) is 0 Å². The molecular weight excluding hydrogens is 302 g/mol. The van der Waals surface area contributed by atoms with Crippen molar-refractivity contribution in [3.8, 4) is 0 Å². The van der Waals surface area contributed by atoms with E-state index in [1.165, 1.54) is 23.6 Å². The first-order valence-corrected chi connectivity index (χ1v) is 9.92. The second-order valence-corrected chi connectivity index (χ2v) is 8.91. The van der Waals surface area contributed by atoms with E-state index in [0.717, 1.165) is 32.0 Å². The molecule has 3 aliphatic rings. The Morgan fingerprint density at radius 3 is 2.36 bits per heavy atom. The predicted molar refractivity (Wildman–Crippen MR) is 85.8 cm³/mol. The normalized spacial score (nSPS) is 33.3. The molecule has 2 unspecified atom stereocenters. The van der Waals surface area contributed by atoms with Gasteiger partial charge in [-0.15, -0.1) is 0 Å². The summed E-state index contributed by atoms with van der Waals surface area (Å²) in [5.74, 6) is 0.942. The summed E-state index contributed by atoms with van der Waals surface area (Å²) in [5.41, 5.74) is 0. The maximum Gasteiger partial charge on any atom is 0.279 e. The van der Waals surface area contributed by atoms with Gasteiger partial charge in [0.05, 0.1) is 6.61 Å². The maximum atomic E-state index is 12.5. The minimum atomic E-state index is -3.41. The molecule has 7 heteroatoms. The van der Waals surface area contributed by atoms with Gasteiger partial charge in [0.15, 0.2) is 0 Å². The number of rotatable bonds is 7. The molecule has 1 aliphatic heterocycles. The zero-order valence-corrected chi connectivity index (χ0v) is 14.5. The molecule has 0 aromatic rings. The lowest BCUT2D eigenvalue weighted by Gasteiger charge is -2.47. The fourth-order valence-corrected chi connectivity index (χ4v) is 5.23. The van der Waals surface area contributed by atoms with Gasteiger partial charge < -0.3 is 4.74 Å². The molecule has 0 aromatic heterocycles. The average molecular weight is 331 g/mol. The molecule has 0 aromatic carbocycles. The fourth-order valence-electron chi connectivity index (χ4n) is 4.01. The minimum Gasteiger partial charge on any atom is -0.383 e. The quantitative estimate of drug-likeness (QED) is 0.744. The molecule has 1 heterocycles. The Kier molecular flexibility index (Phi) is 5.09. The molecule has 1 saturated heterocycles. The van der Waals surface area contributed by atoms with Crippen molar-refractivity contribution in [2.24, 2.45) is 11.8 Å². The average Bonchev–Trinajstić information content (AvgIpc) is 3.28. The van der Waals surface area contributed by atoms with Crippen LogP contribution in [0.15, 0.2) is 0 Å². The molecule has 2 atom stereocenters. The SMILES string of the molecule is COCCN(C)S(=O)(=O)NC1C2CCCC1CN(C1CC1)C2. The topological polar surface area (TPSA) is 61.9 Å². The van der Waals surface area contributed by atoms with E-state index < -0.39 is 10.2 Å². The molecule has 3 rings (SSSR count). The first kappa shape index (κ1) is 16.6. The van der Waals surface area contributed by atoms with Crippen LogP contribution in [-0.2, 0) is 14.9 Å². The zero-order chi connectivity index (χ0) is 15.7. The first-order chi connectivity index (χ1) is 10.5. The van der Waals surface area contributed by atoms with Crippen LogP contribution < -0.4 is 4.72 Å². The van der Waals surface area contributed by atoms with E-state index in [1.54, 1.807) is 14.2 Å². The third-order valence-electron chi connectivity index (χ3n) is 5.47. The Balaban J connectivity index is 1.63. The molecule has 22 heavy (non-hydrogen) atoms. The van der Waals surface area contributed by atoms with Crippen LogP contribution in [-0.4, -0.2) is 70.1 Å². The van der Waals surface area contributed by atoms with Crippen LogP contribution in [0.25, 0.3) is 0 Å². The number of ether oxygens (including phenoxy) is 1. The highest BCUT2D eigenvalue weighted by molar-refractivity contribution is 7.87. The van der Waals surface area contributed by atoms with Gasteiger partial charge in [-0.05, 0) is 37.5 Å². The minimum absolute atomic E-state index is 0.110. The van der Waals surface area contributed by atoms with E-state index in [1.807, 2.05) is 0 Å². The predicted octanol–water partition coefficient (Wildman–Crippen LogP) is 0.662. The van der Waals surface area contributed by atoms with E-state index in [0.29, 0.717) is 25.0 Å². The standard InChI is InChI=1S/C15H29N3O3S/c1-17(8-9-21-2)22(19,20)16-15-12-4-3-5-13(15)11-18(10-12)14-6-7-14/h12-16H,3-11H2,1-2H3. The van der Waals surface area contributed by atoms with E-state index in [-0.39, 0.29) is 6.04 Å². The highest BCUT2D eigenvalue weighted by atomic mass is 32.2. The van der Waals surface area contributed by atoms with Crippen molar-refractivity contribution in [1.82, 2.24) is 13.9 Å². The Bertz CT molecular complexity index is 466. The number of likely N-dealkylation sites (N-methyl/N-ethyl adjacent to an activating group) is 1. The van der Waals surface area contributed by atoms with E-state index in [9.17, 15) is 8.42 Å².